The Morgan fingerprint density at radius 2 is 1.93 bits per heavy atom. The quantitative estimate of drug-likeness (QED) is 0.530. The molecule has 78 valence electrons. The van der Waals surface area contributed by atoms with Crippen molar-refractivity contribution in [3.05, 3.63) is 33.0 Å². The van der Waals surface area contributed by atoms with Crippen LogP contribution in [0.25, 0.3) is 0 Å². The first kappa shape index (κ1) is 9.57. The molecule has 0 fully saturated rings. The van der Waals surface area contributed by atoms with Crippen molar-refractivity contribution in [2.45, 2.75) is 19.5 Å². The van der Waals surface area contributed by atoms with Crippen molar-refractivity contribution in [1.82, 2.24) is 0 Å². The van der Waals surface area contributed by atoms with E-state index in [1.165, 1.54) is 12.1 Å². The zero-order valence-corrected chi connectivity index (χ0v) is 8.26. The molecule has 0 atom stereocenters. The van der Waals surface area contributed by atoms with Crippen LogP contribution in [-0.2, 0) is 0 Å². The third-order valence-electron chi connectivity index (χ3n) is 2.08. The maximum atomic E-state index is 10.7. The van der Waals surface area contributed by atoms with Crippen LogP contribution in [0.3, 0.4) is 0 Å². The summed E-state index contributed by atoms with van der Waals surface area (Å²) in [5.74, 6) is -0.0788. The fraction of sp³-hybridized carbons (Fsp3) is 0.333. The van der Waals surface area contributed by atoms with E-state index in [0.29, 0.717) is 0 Å². The van der Waals surface area contributed by atoms with Crippen LogP contribution in [0.1, 0.15) is 13.8 Å². The van der Waals surface area contributed by atoms with Crippen molar-refractivity contribution >= 4 is 5.69 Å². The zero-order valence-electron chi connectivity index (χ0n) is 8.26. The summed E-state index contributed by atoms with van der Waals surface area (Å²) in [4.78, 5) is 18.4. The van der Waals surface area contributed by atoms with E-state index >= 15 is 0 Å². The first-order valence-corrected chi connectivity index (χ1v) is 4.37. The van der Waals surface area contributed by atoms with Gasteiger partial charge in [0.05, 0.1) is 4.92 Å². The topological polar surface area (TPSA) is 88.1 Å². The number of hydrogen-bond donors (Lipinski definition) is 1. The molecule has 0 amide bonds. The predicted octanol–water partition coefficient (Wildman–Crippen LogP) is 0.289. The minimum absolute atomic E-state index is 0.0788. The second-order valence-electron chi connectivity index (χ2n) is 3.78. The van der Waals surface area contributed by atoms with Gasteiger partial charge in [0.2, 0.25) is 0 Å². The molecule has 0 saturated heterocycles. The molecule has 0 saturated carbocycles. The fourth-order valence-corrected chi connectivity index (χ4v) is 1.50. The van der Waals surface area contributed by atoms with Crippen LogP contribution in [0.15, 0.2) is 22.1 Å². The molecule has 1 N–H and O–H groups in total. The van der Waals surface area contributed by atoms with E-state index in [9.17, 15) is 15.2 Å². The van der Waals surface area contributed by atoms with Crippen LogP contribution < -0.4 is 10.7 Å². The molecule has 1 aromatic rings. The van der Waals surface area contributed by atoms with Crippen molar-refractivity contribution in [2.24, 2.45) is 9.98 Å². The maximum absolute atomic E-state index is 10.7. The van der Waals surface area contributed by atoms with E-state index in [1.54, 1.807) is 13.8 Å². The van der Waals surface area contributed by atoms with Gasteiger partial charge in [0, 0.05) is 6.07 Å². The van der Waals surface area contributed by atoms with Crippen molar-refractivity contribution in [2.75, 3.05) is 0 Å². The number of phenols is 1. The van der Waals surface area contributed by atoms with Crippen LogP contribution in [0.4, 0.5) is 5.69 Å². The van der Waals surface area contributed by atoms with Crippen LogP contribution >= 0.6 is 0 Å². The molecule has 1 aliphatic rings. The Labute approximate surface area is 84.8 Å². The lowest BCUT2D eigenvalue weighted by molar-refractivity contribution is -0.386. The van der Waals surface area contributed by atoms with Gasteiger partial charge in [-0.15, -0.1) is 0 Å². The number of benzene rings is 1. The molecular formula is C9H9N3O3. The van der Waals surface area contributed by atoms with Gasteiger partial charge >= 0.3 is 0 Å². The zero-order chi connectivity index (χ0) is 11.2. The normalized spacial score (nSPS) is 16.4. The number of hydrogen-bond acceptors (Lipinski definition) is 5. The molecule has 2 rings (SSSR count). The summed E-state index contributed by atoms with van der Waals surface area (Å²) in [6, 6.07) is 2.49. The minimum atomic E-state index is -0.744. The van der Waals surface area contributed by atoms with Gasteiger partial charge in [-0.3, -0.25) is 10.1 Å². The smallest absolute Gasteiger partial charge is 0.296 e. The maximum Gasteiger partial charge on any atom is 0.296 e. The minimum Gasteiger partial charge on any atom is -0.506 e. The first-order chi connectivity index (χ1) is 6.91. The van der Waals surface area contributed by atoms with Gasteiger partial charge in [0.1, 0.15) is 16.8 Å². The van der Waals surface area contributed by atoms with Gasteiger partial charge in [-0.25, -0.2) is 9.98 Å². The Morgan fingerprint density at radius 1 is 1.33 bits per heavy atom. The number of nitro benzene ring substituents is 1. The van der Waals surface area contributed by atoms with Crippen LogP contribution in [0.5, 0.6) is 5.75 Å². The monoisotopic (exact) mass is 207 g/mol. The summed E-state index contributed by atoms with van der Waals surface area (Å²) in [5.41, 5.74) is -0.872. The summed E-state index contributed by atoms with van der Waals surface area (Å²) in [6.07, 6.45) is 0. The summed E-state index contributed by atoms with van der Waals surface area (Å²) in [5, 5.41) is 20.6. The van der Waals surface area contributed by atoms with Crippen molar-refractivity contribution in [1.29, 1.82) is 0 Å². The number of phenolic OH excluding ortho intramolecular Hbond substituents is 1. The van der Waals surface area contributed by atoms with Gasteiger partial charge in [-0.1, -0.05) is 0 Å². The molecule has 0 aromatic heterocycles. The third-order valence-corrected chi connectivity index (χ3v) is 2.08. The number of nitrogens with zero attached hydrogens (tertiary/aromatic N) is 3. The van der Waals surface area contributed by atoms with Gasteiger partial charge in [-0.2, -0.15) is 0 Å². The highest BCUT2D eigenvalue weighted by Gasteiger charge is 2.25. The second kappa shape index (κ2) is 2.75. The van der Waals surface area contributed by atoms with Crippen LogP contribution in [0, 0.1) is 10.1 Å². The van der Waals surface area contributed by atoms with E-state index < -0.39 is 10.6 Å². The largest absolute Gasteiger partial charge is 0.506 e. The van der Waals surface area contributed by atoms with E-state index in [-0.39, 0.29) is 22.2 Å². The fourth-order valence-electron chi connectivity index (χ4n) is 1.50. The molecule has 1 aromatic carbocycles. The Kier molecular flexibility index (Phi) is 1.76. The predicted molar refractivity (Wildman–Crippen MR) is 51.2 cm³/mol. The van der Waals surface area contributed by atoms with Crippen LogP contribution in [0.2, 0.25) is 0 Å². The second-order valence-corrected chi connectivity index (χ2v) is 3.78. The average Bonchev–Trinajstić information content (AvgIpc) is 2.41. The molecule has 6 nitrogen and oxygen atoms in total. The molecule has 1 aliphatic heterocycles. The summed E-state index contributed by atoms with van der Waals surface area (Å²) in [7, 11) is 0. The number of aromatic hydroxyl groups is 1. The van der Waals surface area contributed by atoms with Gasteiger partial charge in [0.15, 0.2) is 5.36 Å². The molecule has 0 spiro atoms. The standard InChI is InChI=1S/C9H9N3O3/c1-9(2)10-7-5(12(14)15)3-4-6(13)8(7)11-9/h3-4,13H,1-2H3. The van der Waals surface area contributed by atoms with Gasteiger partial charge in [0.25, 0.3) is 5.69 Å². The third kappa shape index (κ3) is 1.43. The van der Waals surface area contributed by atoms with Gasteiger partial charge in [-0.05, 0) is 19.9 Å². The molecule has 6 heteroatoms. The van der Waals surface area contributed by atoms with Gasteiger partial charge < -0.3 is 5.11 Å². The van der Waals surface area contributed by atoms with E-state index in [2.05, 4.69) is 9.98 Å². The Hall–Kier alpha value is -1.98. The lowest BCUT2D eigenvalue weighted by atomic mass is 10.3. The van der Waals surface area contributed by atoms with Crippen molar-refractivity contribution in [3.8, 4) is 5.75 Å². The Bertz CT molecular complexity index is 563. The van der Waals surface area contributed by atoms with E-state index in [1.807, 2.05) is 0 Å². The lowest BCUT2D eigenvalue weighted by Crippen LogP contribution is -2.24. The van der Waals surface area contributed by atoms with E-state index in [0.717, 1.165) is 0 Å². The van der Waals surface area contributed by atoms with Crippen molar-refractivity contribution < 1.29 is 10.0 Å². The number of rotatable bonds is 1. The molecule has 15 heavy (non-hydrogen) atoms. The van der Waals surface area contributed by atoms with E-state index in [4.69, 9.17) is 0 Å². The Morgan fingerprint density at radius 3 is 2.53 bits per heavy atom. The summed E-state index contributed by atoms with van der Waals surface area (Å²) in [6.45, 7) is 3.44. The molecule has 0 radical (unpaired) electrons. The molecule has 1 heterocycles. The number of fused-ring (bicyclic) bond motifs is 1. The highest BCUT2D eigenvalue weighted by atomic mass is 16.6. The highest BCUT2D eigenvalue weighted by Crippen LogP contribution is 2.16. The molecule has 0 unspecified atom stereocenters. The lowest BCUT2D eigenvalue weighted by Gasteiger charge is -2.06. The summed E-state index contributed by atoms with van der Waals surface area (Å²) < 4.78 is 0. The summed E-state index contributed by atoms with van der Waals surface area (Å²) >= 11 is 0. The molecule has 0 bridgehead atoms. The SMILES string of the molecule is CC1(C)N=c2c(O)ccc([N+](=O)[O-])c2=N1. The molecular weight excluding hydrogens is 198 g/mol. The first-order valence-electron chi connectivity index (χ1n) is 4.37. The van der Waals surface area contributed by atoms with Crippen molar-refractivity contribution in [3.63, 3.8) is 0 Å². The van der Waals surface area contributed by atoms with Crippen LogP contribution in [-0.4, -0.2) is 15.7 Å². The molecule has 0 aliphatic carbocycles. The number of nitro groups is 1. The average molecular weight is 207 g/mol. The Balaban J connectivity index is 2.89. The number of non-ortho nitro benzene ring substituents is 1. The highest BCUT2D eigenvalue weighted by molar-refractivity contribution is 5.36.